The van der Waals surface area contributed by atoms with Crippen molar-refractivity contribution in [2.75, 3.05) is 23.4 Å². The van der Waals surface area contributed by atoms with E-state index in [2.05, 4.69) is 25.4 Å². The van der Waals surface area contributed by atoms with Crippen LogP contribution in [0, 0.1) is 5.92 Å². The number of alkyl halides is 2. The molecule has 35 heavy (non-hydrogen) atoms. The maximum Gasteiger partial charge on any atom is 0.284 e. The zero-order valence-corrected chi connectivity index (χ0v) is 18.9. The van der Waals surface area contributed by atoms with Crippen molar-refractivity contribution in [3.8, 4) is 0 Å². The Balaban J connectivity index is 1.25. The van der Waals surface area contributed by atoms with E-state index in [4.69, 9.17) is 4.74 Å². The van der Waals surface area contributed by atoms with Gasteiger partial charge in [-0.2, -0.15) is 10.2 Å². The highest BCUT2D eigenvalue weighted by atomic mass is 19.3. The van der Waals surface area contributed by atoms with Crippen LogP contribution in [0.15, 0.2) is 24.7 Å². The van der Waals surface area contributed by atoms with Gasteiger partial charge in [0.2, 0.25) is 0 Å². The van der Waals surface area contributed by atoms with Crippen molar-refractivity contribution in [2.45, 2.75) is 56.7 Å². The third-order valence-electron chi connectivity index (χ3n) is 7.32. The first-order valence-corrected chi connectivity index (χ1v) is 11.9. The molecular weight excluding hydrogens is 460 g/mol. The number of halogens is 2. The number of fused-ring (bicyclic) bond motifs is 3. The summed E-state index contributed by atoms with van der Waals surface area (Å²) in [6.45, 7) is 1.40. The molecule has 2 atom stereocenters. The Morgan fingerprint density at radius 1 is 1.23 bits per heavy atom. The normalized spacial score (nSPS) is 26.1. The summed E-state index contributed by atoms with van der Waals surface area (Å²) in [5.74, 6) is 0.156. The van der Waals surface area contributed by atoms with E-state index < -0.39 is 18.0 Å². The summed E-state index contributed by atoms with van der Waals surface area (Å²) in [4.78, 5) is 31.0. The maximum absolute atomic E-state index is 13.8. The second kappa shape index (κ2) is 8.67. The quantitative estimate of drug-likeness (QED) is 0.535. The molecule has 2 bridgehead atoms. The summed E-state index contributed by atoms with van der Waals surface area (Å²) in [5, 5.41) is 10.9. The molecule has 3 aromatic rings. The lowest BCUT2D eigenvalue weighted by atomic mass is 9.87. The number of hydrogen-bond acceptors (Lipinski definition) is 7. The van der Waals surface area contributed by atoms with Crippen LogP contribution in [0.2, 0.25) is 0 Å². The number of rotatable bonds is 6. The molecule has 2 aliphatic heterocycles. The molecule has 0 aromatic carbocycles. The lowest BCUT2D eigenvalue weighted by Gasteiger charge is -2.27. The summed E-state index contributed by atoms with van der Waals surface area (Å²) in [6, 6.07) is 2.02. The number of carbonyl (C=O) groups is 2. The van der Waals surface area contributed by atoms with E-state index in [1.54, 1.807) is 6.20 Å². The van der Waals surface area contributed by atoms with Crippen LogP contribution in [0.25, 0.3) is 5.65 Å². The molecule has 0 spiro atoms. The Labute approximate surface area is 199 Å². The van der Waals surface area contributed by atoms with E-state index in [-0.39, 0.29) is 35.4 Å². The van der Waals surface area contributed by atoms with Crippen LogP contribution >= 0.6 is 0 Å². The number of morpholine rings is 1. The number of anilines is 2. The summed E-state index contributed by atoms with van der Waals surface area (Å²) >= 11 is 0. The van der Waals surface area contributed by atoms with Crippen molar-refractivity contribution >= 4 is 29.3 Å². The average Bonchev–Trinajstić information content (AvgIpc) is 3.66. The molecule has 3 aromatic heterocycles. The number of nitrogens with zero attached hydrogens (tertiary/aromatic N) is 6. The van der Waals surface area contributed by atoms with Crippen LogP contribution in [0.3, 0.4) is 0 Å². The first-order valence-electron chi connectivity index (χ1n) is 11.9. The number of amides is 1. The zero-order chi connectivity index (χ0) is 24.1. The highest BCUT2D eigenvalue weighted by molar-refractivity contribution is 6.08. The van der Waals surface area contributed by atoms with Gasteiger partial charge in [0.25, 0.3) is 12.3 Å². The van der Waals surface area contributed by atoms with Crippen molar-refractivity contribution in [1.29, 1.82) is 0 Å². The van der Waals surface area contributed by atoms with Gasteiger partial charge in [0.1, 0.15) is 17.7 Å². The minimum atomic E-state index is -2.85. The van der Waals surface area contributed by atoms with Crippen molar-refractivity contribution in [1.82, 2.24) is 24.4 Å². The number of aldehydes is 1. The molecule has 10 nitrogen and oxygen atoms in total. The van der Waals surface area contributed by atoms with E-state index in [9.17, 15) is 18.4 Å². The molecule has 1 N–H and O–H groups in total. The highest BCUT2D eigenvalue weighted by Gasteiger charge is 2.39. The SMILES string of the molecule is O=CC1CCC(n2cc(NC(=O)c3cnn4ccc(N5C[C@@H]6C[C@H]5CO6)nc34)c(C(F)F)n2)CC1. The summed E-state index contributed by atoms with van der Waals surface area (Å²) in [5.41, 5.74) is 0.0230. The van der Waals surface area contributed by atoms with E-state index >= 15 is 0 Å². The Bertz CT molecular complexity index is 1270. The molecule has 1 aliphatic carbocycles. The maximum atomic E-state index is 13.8. The van der Waals surface area contributed by atoms with Gasteiger partial charge in [-0.3, -0.25) is 9.48 Å². The predicted octanol–water partition coefficient (Wildman–Crippen LogP) is 3.02. The molecule has 2 saturated heterocycles. The fraction of sp³-hybridized carbons (Fsp3) is 0.522. The molecule has 1 saturated carbocycles. The second-order valence-corrected chi connectivity index (χ2v) is 9.48. The molecule has 3 fully saturated rings. The lowest BCUT2D eigenvalue weighted by Crippen LogP contribution is -2.37. The van der Waals surface area contributed by atoms with E-state index in [0.717, 1.165) is 25.1 Å². The van der Waals surface area contributed by atoms with Gasteiger partial charge in [-0.1, -0.05) is 0 Å². The van der Waals surface area contributed by atoms with Crippen LogP contribution in [0.4, 0.5) is 20.3 Å². The average molecular weight is 485 g/mol. The topological polar surface area (TPSA) is 107 Å². The molecular formula is C23H25F2N7O3. The fourth-order valence-electron chi connectivity index (χ4n) is 5.40. The molecule has 3 aliphatic rings. The van der Waals surface area contributed by atoms with Crippen molar-refractivity contribution in [3.63, 3.8) is 0 Å². The zero-order valence-electron chi connectivity index (χ0n) is 18.9. The third kappa shape index (κ3) is 3.95. The molecule has 0 radical (unpaired) electrons. The first-order chi connectivity index (χ1) is 17.0. The number of ether oxygens (including phenoxy) is 1. The van der Waals surface area contributed by atoms with E-state index in [0.29, 0.717) is 37.9 Å². The summed E-state index contributed by atoms with van der Waals surface area (Å²) < 4.78 is 36.1. The molecule has 5 heterocycles. The van der Waals surface area contributed by atoms with Gasteiger partial charge in [-0.15, -0.1) is 0 Å². The number of aromatic nitrogens is 5. The molecule has 184 valence electrons. The van der Waals surface area contributed by atoms with Crippen LogP contribution < -0.4 is 10.2 Å². The van der Waals surface area contributed by atoms with Crippen molar-refractivity contribution < 1.29 is 23.1 Å². The number of hydrogen-bond donors (Lipinski definition) is 1. The van der Waals surface area contributed by atoms with Crippen molar-refractivity contribution in [2.24, 2.45) is 5.92 Å². The third-order valence-corrected chi connectivity index (χ3v) is 7.32. The van der Waals surface area contributed by atoms with E-state index in [1.165, 1.54) is 21.6 Å². The minimum Gasteiger partial charge on any atom is -0.374 e. The fourth-order valence-corrected chi connectivity index (χ4v) is 5.40. The Kier molecular flexibility index (Phi) is 5.47. The van der Waals surface area contributed by atoms with Gasteiger partial charge in [0.05, 0.1) is 36.7 Å². The van der Waals surface area contributed by atoms with Gasteiger partial charge in [-0.25, -0.2) is 18.3 Å². The summed E-state index contributed by atoms with van der Waals surface area (Å²) in [7, 11) is 0. The highest BCUT2D eigenvalue weighted by Crippen LogP contribution is 2.35. The Hall–Kier alpha value is -3.41. The molecule has 6 rings (SSSR count). The van der Waals surface area contributed by atoms with Gasteiger partial charge in [-0.05, 0) is 38.2 Å². The Morgan fingerprint density at radius 2 is 2.06 bits per heavy atom. The standard InChI is InChI=1S/C23H25F2N7O3/c24-21(25)20-18(10-32(29-20)14-3-1-13(11-33)2-4-14)27-23(34)17-8-26-31-6-5-19(28-22(17)31)30-9-16-7-15(30)12-35-16/h5-6,8,10-11,13-16,21H,1-4,7,9,12H2,(H,27,34)/t13?,14?,15-,16-/m0/s1. The molecule has 1 amide bonds. The predicted molar refractivity (Wildman–Crippen MR) is 121 cm³/mol. The molecule has 0 unspecified atom stereocenters. The summed E-state index contributed by atoms with van der Waals surface area (Å²) in [6.07, 6.45) is 6.56. The van der Waals surface area contributed by atoms with Crippen LogP contribution in [0.1, 0.15) is 60.6 Å². The monoisotopic (exact) mass is 485 g/mol. The molecule has 12 heteroatoms. The number of nitrogens with one attached hydrogen (secondary N) is 1. The number of carbonyl (C=O) groups excluding carboxylic acids is 2. The van der Waals surface area contributed by atoms with Crippen molar-refractivity contribution in [3.05, 3.63) is 35.9 Å². The van der Waals surface area contributed by atoms with Gasteiger partial charge < -0.3 is 19.7 Å². The Morgan fingerprint density at radius 3 is 2.74 bits per heavy atom. The smallest absolute Gasteiger partial charge is 0.284 e. The largest absolute Gasteiger partial charge is 0.374 e. The van der Waals surface area contributed by atoms with Crippen LogP contribution in [-0.4, -0.2) is 61.9 Å². The van der Waals surface area contributed by atoms with E-state index in [1.807, 2.05) is 6.07 Å². The van der Waals surface area contributed by atoms with Crippen LogP contribution in [0.5, 0.6) is 0 Å². The minimum absolute atomic E-state index is 0.00632. The first kappa shape index (κ1) is 22.1. The van der Waals surface area contributed by atoms with Crippen LogP contribution in [-0.2, 0) is 9.53 Å². The second-order valence-electron chi connectivity index (χ2n) is 9.48. The van der Waals surface area contributed by atoms with Gasteiger partial charge in [0.15, 0.2) is 11.3 Å². The van der Waals surface area contributed by atoms with Gasteiger partial charge >= 0.3 is 0 Å². The lowest BCUT2D eigenvalue weighted by molar-refractivity contribution is -0.112. The van der Waals surface area contributed by atoms with Gasteiger partial charge in [0, 0.05) is 24.9 Å².